The Morgan fingerprint density at radius 2 is 1.66 bits per heavy atom. The van der Waals surface area contributed by atoms with E-state index in [1.54, 1.807) is 36.1 Å². The second-order valence-electron chi connectivity index (χ2n) is 8.47. The van der Waals surface area contributed by atoms with Crippen molar-refractivity contribution in [3.8, 4) is 0 Å². The molecule has 180 valence electrons. The average Bonchev–Trinajstić information content (AvgIpc) is 2.88. The van der Waals surface area contributed by atoms with Crippen molar-refractivity contribution in [3.63, 3.8) is 0 Å². The smallest absolute Gasteiger partial charge is 0.309 e. The van der Waals surface area contributed by atoms with Crippen LogP contribution in [0.25, 0.3) is 0 Å². The summed E-state index contributed by atoms with van der Waals surface area (Å²) in [7, 11) is 0. The van der Waals surface area contributed by atoms with Gasteiger partial charge in [0.05, 0.1) is 23.0 Å². The van der Waals surface area contributed by atoms with Gasteiger partial charge in [-0.25, -0.2) is 0 Å². The van der Waals surface area contributed by atoms with E-state index in [-0.39, 0.29) is 12.3 Å². The van der Waals surface area contributed by atoms with Crippen molar-refractivity contribution in [2.24, 2.45) is 0 Å². The van der Waals surface area contributed by atoms with Gasteiger partial charge in [0.25, 0.3) is 11.8 Å². The molecule has 0 aliphatic carbocycles. The number of rotatable bonds is 7. The summed E-state index contributed by atoms with van der Waals surface area (Å²) in [4.78, 5) is 40.6. The summed E-state index contributed by atoms with van der Waals surface area (Å²) < 4.78 is 5.54. The number of nitrogens with one attached hydrogen (secondary N) is 1. The second-order valence-corrected chi connectivity index (χ2v) is 8.88. The predicted octanol–water partition coefficient (Wildman–Crippen LogP) is 5.11. The average molecular weight is 491 g/mol. The van der Waals surface area contributed by atoms with Gasteiger partial charge in [-0.05, 0) is 49.1 Å². The van der Waals surface area contributed by atoms with Crippen LogP contribution >= 0.6 is 11.6 Å². The summed E-state index contributed by atoms with van der Waals surface area (Å²) in [6, 6.07) is 23.0. The molecule has 0 saturated heterocycles. The number of anilines is 1. The lowest BCUT2D eigenvalue weighted by Gasteiger charge is -2.31. The van der Waals surface area contributed by atoms with Crippen LogP contribution in [0.5, 0.6) is 0 Å². The molecule has 0 bridgehead atoms. The highest BCUT2D eigenvalue weighted by Gasteiger charge is 2.29. The number of hydrogen-bond donors (Lipinski definition) is 1. The zero-order valence-electron chi connectivity index (χ0n) is 19.4. The number of para-hydroxylation sites is 1. The number of hydrogen-bond acceptors (Lipinski definition) is 4. The van der Waals surface area contributed by atoms with Crippen molar-refractivity contribution in [1.82, 2.24) is 5.32 Å². The molecular weight excluding hydrogens is 464 g/mol. The Balaban J connectivity index is 1.45. The number of halogens is 1. The maximum Gasteiger partial charge on any atom is 0.309 e. The Morgan fingerprint density at radius 1 is 0.971 bits per heavy atom. The number of fused-ring (bicyclic) bond motifs is 1. The molecule has 1 aliphatic heterocycles. The van der Waals surface area contributed by atoms with Crippen LogP contribution in [0.2, 0.25) is 5.02 Å². The van der Waals surface area contributed by atoms with Crippen molar-refractivity contribution < 1.29 is 19.1 Å². The van der Waals surface area contributed by atoms with Crippen molar-refractivity contribution in [1.29, 1.82) is 0 Å². The SMILES string of the molecule is C[C@H](OC(=O)C[C@@H](NC(=O)c1ccccc1Cl)c1ccccc1)C(=O)N1CCCc2ccccc21. The number of aryl methyl sites for hydroxylation is 1. The summed E-state index contributed by atoms with van der Waals surface area (Å²) in [6.07, 6.45) is 0.685. The highest BCUT2D eigenvalue weighted by molar-refractivity contribution is 6.33. The van der Waals surface area contributed by atoms with Gasteiger partial charge in [0.15, 0.2) is 6.10 Å². The fraction of sp³-hybridized carbons (Fsp3) is 0.250. The van der Waals surface area contributed by atoms with Crippen LogP contribution in [0.15, 0.2) is 78.9 Å². The van der Waals surface area contributed by atoms with E-state index in [0.717, 1.165) is 29.7 Å². The minimum absolute atomic E-state index is 0.131. The van der Waals surface area contributed by atoms with Crippen molar-refractivity contribution in [2.45, 2.75) is 38.3 Å². The maximum atomic E-state index is 13.1. The van der Waals surface area contributed by atoms with Crippen molar-refractivity contribution >= 4 is 35.1 Å². The molecule has 3 aromatic rings. The number of carbonyl (C=O) groups is 3. The fourth-order valence-corrected chi connectivity index (χ4v) is 4.48. The van der Waals surface area contributed by atoms with Crippen LogP contribution in [0.4, 0.5) is 5.69 Å². The predicted molar refractivity (Wildman–Crippen MR) is 135 cm³/mol. The third kappa shape index (κ3) is 5.89. The Hall–Kier alpha value is -3.64. The van der Waals surface area contributed by atoms with Gasteiger partial charge >= 0.3 is 5.97 Å². The lowest BCUT2D eigenvalue weighted by atomic mass is 10.0. The zero-order chi connectivity index (χ0) is 24.8. The first-order valence-electron chi connectivity index (χ1n) is 11.6. The van der Waals surface area contributed by atoms with Crippen LogP contribution in [-0.4, -0.2) is 30.4 Å². The first-order valence-corrected chi connectivity index (χ1v) is 12.0. The molecule has 0 radical (unpaired) electrons. The van der Waals surface area contributed by atoms with Crippen LogP contribution in [-0.2, 0) is 20.7 Å². The van der Waals surface area contributed by atoms with Crippen molar-refractivity contribution in [2.75, 3.05) is 11.4 Å². The molecule has 1 aliphatic rings. The first-order chi connectivity index (χ1) is 16.9. The summed E-state index contributed by atoms with van der Waals surface area (Å²) in [5.41, 5.74) is 3.03. The van der Waals surface area contributed by atoms with E-state index in [4.69, 9.17) is 16.3 Å². The molecule has 1 heterocycles. The van der Waals surface area contributed by atoms with Crippen LogP contribution in [0, 0.1) is 0 Å². The normalized spacial score (nSPS) is 14.4. The van der Waals surface area contributed by atoms with Gasteiger partial charge in [0, 0.05) is 12.2 Å². The lowest BCUT2D eigenvalue weighted by molar-refractivity contribution is -0.154. The summed E-state index contributed by atoms with van der Waals surface area (Å²) in [5.74, 6) is -1.24. The van der Waals surface area contributed by atoms with Gasteiger partial charge < -0.3 is 15.0 Å². The quantitative estimate of drug-likeness (QED) is 0.467. The number of esters is 1. The fourth-order valence-electron chi connectivity index (χ4n) is 4.26. The van der Waals surface area contributed by atoms with E-state index in [9.17, 15) is 14.4 Å². The third-order valence-corrected chi connectivity index (χ3v) is 6.36. The molecule has 2 amide bonds. The Kier molecular flexibility index (Phi) is 7.83. The number of nitrogens with zero attached hydrogens (tertiary/aromatic N) is 1. The largest absolute Gasteiger partial charge is 0.452 e. The summed E-state index contributed by atoms with van der Waals surface area (Å²) >= 11 is 6.17. The van der Waals surface area contributed by atoms with Gasteiger partial charge in [-0.3, -0.25) is 14.4 Å². The number of ether oxygens (including phenoxy) is 1. The zero-order valence-corrected chi connectivity index (χ0v) is 20.2. The Morgan fingerprint density at radius 3 is 2.43 bits per heavy atom. The topological polar surface area (TPSA) is 75.7 Å². The minimum atomic E-state index is -0.954. The molecule has 6 nitrogen and oxygen atoms in total. The van der Waals surface area contributed by atoms with Gasteiger partial charge in [0.2, 0.25) is 0 Å². The van der Waals surface area contributed by atoms with E-state index in [0.29, 0.717) is 17.1 Å². The monoisotopic (exact) mass is 490 g/mol. The first kappa shape index (κ1) is 24.5. The molecule has 1 N–H and O–H groups in total. The van der Waals surface area contributed by atoms with Crippen molar-refractivity contribution in [3.05, 3.63) is 101 Å². The molecular formula is C28H27ClN2O4. The second kappa shape index (κ2) is 11.2. The van der Waals surface area contributed by atoms with Gasteiger partial charge in [-0.1, -0.05) is 72.3 Å². The molecule has 0 fully saturated rings. The standard InChI is InChI=1S/C28H27ClN2O4/c1-19(28(34)31-17-9-13-21-12-5-8-16-25(21)31)35-26(32)18-24(20-10-3-2-4-11-20)30-27(33)22-14-6-7-15-23(22)29/h2-8,10-12,14-16,19,24H,9,13,17-18H2,1H3,(H,30,33)/t19-,24+/m0/s1. The van der Waals surface area contributed by atoms with Gasteiger partial charge in [-0.15, -0.1) is 0 Å². The van der Waals surface area contributed by atoms with E-state index in [1.165, 1.54) is 0 Å². The Labute approximate surface area is 209 Å². The number of benzene rings is 3. The van der Waals surface area contributed by atoms with E-state index in [1.807, 2.05) is 54.6 Å². The summed E-state index contributed by atoms with van der Waals surface area (Å²) in [6.45, 7) is 2.16. The molecule has 0 aromatic heterocycles. The highest BCUT2D eigenvalue weighted by atomic mass is 35.5. The van der Waals surface area contributed by atoms with Crippen LogP contribution in [0.1, 0.15) is 47.3 Å². The van der Waals surface area contributed by atoms with E-state index in [2.05, 4.69) is 5.32 Å². The van der Waals surface area contributed by atoms with Gasteiger partial charge in [-0.2, -0.15) is 0 Å². The molecule has 0 spiro atoms. The molecule has 0 saturated carbocycles. The van der Waals surface area contributed by atoms with E-state index < -0.39 is 24.0 Å². The summed E-state index contributed by atoms with van der Waals surface area (Å²) in [5, 5.41) is 3.20. The maximum absolute atomic E-state index is 13.1. The van der Waals surface area contributed by atoms with Crippen LogP contribution < -0.4 is 10.2 Å². The third-order valence-electron chi connectivity index (χ3n) is 6.03. The lowest BCUT2D eigenvalue weighted by Crippen LogP contribution is -2.43. The van der Waals surface area contributed by atoms with Crippen LogP contribution in [0.3, 0.4) is 0 Å². The molecule has 2 atom stereocenters. The molecule has 0 unspecified atom stereocenters. The molecule has 3 aromatic carbocycles. The minimum Gasteiger partial charge on any atom is -0.452 e. The van der Waals surface area contributed by atoms with Gasteiger partial charge in [0.1, 0.15) is 0 Å². The molecule has 7 heteroatoms. The molecule has 4 rings (SSSR count). The van der Waals surface area contributed by atoms with E-state index >= 15 is 0 Å². The highest BCUT2D eigenvalue weighted by Crippen LogP contribution is 2.28. The number of amides is 2. The number of carbonyl (C=O) groups excluding carboxylic acids is 3. The Bertz CT molecular complexity index is 1210. The molecule has 35 heavy (non-hydrogen) atoms.